The maximum atomic E-state index is 12.7. The fourth-order valence-electron chi connectivity index (χ4n) is 3.38. The number of carbonyl (C=O) groups is 3. The maximum absolute atomic E-state index is 12.7. The molecule has 0 saturated carbocycles. The van der Waals surface area contributed by atoms with Gasteiger partial charge in [0.25, 0.3) is 17.4 Å². The van der Waals surface area contributed by atoms with E-state index in [9.17, 15) is 34.7 Å². The van der Waals surface area contributed by atoms with E-state index in [2.05, 4.69) is 0 Å². The molecule has 1 aliphatic rings. The van der Waals surface area contributed by atoms with Gasteiger partial charge in [-0.05, 0) is 30.5 Å². The number of aliphatic hydroxyl groups is 1. The summed E-state index contributed by atoms with van der Waals surface area (Å²) < 4.78 is 0. The van der Waals surface area contributed by atoms with Crippen LogP contribution in [0.3, 0.4) is 0 Å². The molecule has 0 bridgehead atoms. The lowest BCUT2D eigenvalue weighted by atomic mass is 9.95. The van der Waals surface area contributed by atoms with Gasteiger partial charge in [-0.15, -0.1) is 0 Å². The molecule has 1 heterocycles. The molecular formula is C21H17N2O7-. The summed E-state index contributed by atoms with van der Waals surface area (Å²) >= 11 is 0. The third-order valence-electron chi connectivity index (χ3n) is 4.79. The monoisotopic (exact) mass is 409 g/mol. The predicted molar refractivity (Wildman–Crippen MR) is 103 cm³/mol. The van der Waals surface area contributed by atoms with Crippen LogP contribution in [0.2, 0.25) is 0 Å². The van der Waals surface area contributed by atoms with Crippen LogP contribution in [-0.4, -0.2) is 39.1 Å². The number of carboxylic acid groups (broad SMARTS) is 1. The van der Waals surface area contributed by atoms with Crippen LogP contribution >= 0.6 is 0 Å². The normalized spacial score (nSPS) is 17.9. The molecule has 154 valence electrons. The molecule has 30 heavy (non-hydrogen) atoms. The number of hydrogen-bond donors (Lipinski definition) is 1. The summed E-state index contributed by atoms with van der Waals surface area (Å²) in [6, 6.07) is 12.6. The average Bonchev–Trinajstić information content (AvgIpc) is 2.98. The summed E-state index contributed by atoms with van der Waals surface area (Å²) in [5.41, 5.74) is 0.366. The Kier molecular flexibility index (Phi) is 5.91. The first kappa shape index (κ1) is 20.7. The molecule has 1 N–H and O–H groups in total. The molecule has 0 aliphatic carbocycles. The number of nitro groups is 1. The number of ketones is 1. The summed E-state index contributed by atoms with van der Waals surface area (Å²) in [5, 5.41) is 32.4. The molecule has 0 aromatic heterocycles. The van der Waals surface area contributed by atoms with Gasteiger partial charge in [0.15, 0.2) is 0 Å². The quantitative estimate of drug-likeness (QED) is 0.240. The zero-order chi connectivity index (χ0) is 21.8. The van der Waals surface area contributed by atoms with Gasteiger partial charge < -0.3 is 19.9 Å². The molecule has 1 fully saturated rings. The van der Waals surface area contributed by atoms with Crippen LogP contribution in [0.4, 0.5) is 5.69 Å². The lowest BCUT2D eigenvalue weighted by molar-refractivity contribution is -0.384. The van der Waals surface area contributed by atoms with E-state index in [4.69, 9.17) is 0 Å². The SMILES string of the molecule is O=C([O-])CCCN1C(=O)C(=O)/C(=C(/O)c2ccc([N+](=O)[O-])cc2)[C@@H]1c1ccccc1. The Morgan fingerprint density at radius 3 is 2.27 bits per heavy atom. The highest BCUT2D eigenvalue weighted by atomic mass is 16.6. The van der Waals surface area contributed by atoms with E-state index in [0.29, 0.717) is 5.56 Å². The minimum absolute atomic E-state index is 0.0187. The Bertz CT molecular complexity index is 1030. The number of carboxylic acids is 1. The van der Waals surface area contributed by atoms with Crippen molar-refractivity contribution in [2.45, 2.75) is 18.9 Å². The molecular weight excluding hydrogens is 392 g/mol. The van der Waals surface area contributed by atoms with E-state index in [1.807, 2.05) is 0 Å². The van der Waals surface area contributed by atoms with E-state index >= 15 is 0 Å². The second-order valence-corrected chi connectivity index (χ2v) is 6.68. The predicted octanol–water partition coefficient (Wildman–Crippen LogP) is 1.55. The number of Topliss-reactive ketones (excluding diaryl/α,β-unsaturated/α-hetero) is 1. The summed E-state index contributed by atoms with van der Waals surface area (Å²) in [7, 11) is 0. The molecule has 1 saturated heterocycles. The first-order chi connectivity index (χ1) is 14.3. The fourth-order valence-corrected chi connectivity index (χ4v) is 3.38. The van der Waals surface area contributed by atoms with E-state index < -0.39 is 34.4 Å². The zero-order valence-corrected chi connectivity index (χ0v) is 15.7. The Morgan fingerprint density at radius 2 is 1.70 bits per heavy atom. The number of amides is 1. The number of aliphatic hydroxyl groups excluding tert-OH is 1. The topological polar surface area (TPSA) is 141 Å². The molecule has 0 spiro atoms. The number of benzene rings is 2. The number of nitrogens with zero attached hydrogens (tertiary/aromatic N) is 2. The van der Waals surface area contributed by atoms with Crippen LogP contribution in [-0.2, 0) is 14.4 Å². The summed E-state index contributed by atoms with van der Waals surface area (Å²) in [6.07, 6.45) is -0.205. The van der Waals surface area contributed by atoms with Gasteiger partial charge in [0, 0.05) is 30.2 Å². The standard InChI is InChI=1S/C21H18N2O7/c24-16(25)7-4-12-22-18(13-5-2-1-3-6-13)17(20(27)21(22)28)19(26)14-8-10-15(11-9-14)23(29)30/h1-3,5-6,8-11,18,26H,4,7,12H2,(H,24,25)/p-1/b19-17+/t18-/m0/s1. The molecule has 2 aromatic carbocycles. The number of rotatable bonds is 7. The Labute approximate surface area is 171 Å². The second-order valence-electron chi connectivity index (χ2n) is 6.68. The van der Waals surface area contributed by atoms with Crippen LogP contribution in [0.5, 0.6) is 0 Å². The van der Waals surface area contributed by atoms with Crippen molar-refractivity contribution in [2.24, 2.45) is 0 Å². The third kappa shape index (κ3) is 4.04. The highest BCUT2D eigenvalue weighted by Gasteiger charge is 2.45. The van der Waals surface area contributed by atoms with Crippen molar-refractivity contribution in [2.75, 3.05) is 6.54 Å². The van der Waals surface area contributed by atoms with Crippen molar-refractivity contribution in [3.05, 3.63) is 81.4 Å². The fraction of sp³-hybridized carbons (Fsp3) is 0.190. The van der Waals surface area contributed by atoms with Crippen LogP contribution in [0.25, 0.3) is 5.76 Å². The van der Waals surface area contributed by atoms with Crippen molar-refractivity contribution in [3.63, 3.8) is 0 Å². The second kappa shape index (κ2) is 8.56. The van der Waals surface area contributed by atoms with Gasteiger partial charge >= 0.3 is 0 Å². The van der Waals surface area contributed by atoms with Crippen LogP contribution < -0.4 is 5.11 Å². The first-order valence-electron chi connectivity index (χ1n) is 9.09. The van der Waals surface area contributed by atoms with E-state index in [1.165, 1.54) is 29.2 Å². The number of likely N-dealkylation sites (tertiary alicyclic amines) is 1. The minimum Gasteiger partial charge on any atom is -0.550 e. The summed E-state index contributed by atoms with van der Waals surface area (Å²) in [6.45, 7) is -0.0187. The average molecular weight is 409 g/mol. The van der Waals surface area contributed by atoms with Gasteiger partial charge in [0.1, 0.15) is 5.76 Å². The molecule has 9 heteroatoms. The molecule has 0 unspecified atom stereocenters. The molecule has 1 atom stereocenters. The maximum Gasteiger partial charge on any atom is 0.295 e. The number of non-ortho nitro benzene ring substituents is 1. The Hall–Kier alpha value is -4.01. The number of aliphatic carboxylic acids is 1. The van der Waals surface area contributed by atoms with E-state index in [-0.39, 0.29) is 36.2 Å². The van der Waals surface area contributed by atoms with Gasteiger partial charge in [0.05, 0.1) is 16.5 Å². The lowest BCUT2D eigenvalue weighted by Crippen LogP contribution is -2.32. The number of carbonyl (C=O) groups excluding carboxylic acids is 3. The molecule has 2 aromatic rings. The molecule has 9 nitrogen and oxygen atoms in total. The molecule has 0 radical (unpaired) electrons. The lowest BCUT2D eigenvalue weighted by Gasteiger charge is -2.25. The van der Waals surface area contributed by atoms with E-state index in [1.54, 1.807) is 30.3 Å². The largest absolute Gasteiger partial charge is 0.550 e. The molecule has 1 aliphatic heterocycles. The van der Waals surface area contributed by atoms with Crippen molar-refractivity contribution in [1.82, 2.24) is 4.90 Å². The first-order valence-corrected chi connectivity index (χ1v) is 9.09. The van der Waals surface area contributed by atoms with Crippen molar-refractivity contribution < 1.29 is 29.5 Å². The number of hydrogen-bond acceptors (Lipinski definition) is 7. The molecule has 1 amide bonds. The van der Waals surface area contributed by atoms with Crippen molar-refractivity contribution in [3.8, 4) is 0 Å². The number of nitro benzene ring substituents is 1. The molecule has 3 rings (SSSR count). The van der Waals surface area contributed by atoms with Gasteiger partial charge in [-0.3, -0.25) is 19.7 Å². The van der Waals surface area contributed by atoms with Crippen LogP contribution in [0, 0.1) is 10.1 Å². The highest BCUT2D eigenvalue weighted by Crippen LogP contribution is 2.39. The Balaban J connectivity index is 2.06. The zero-order valence-electron chi connectivity index (χ0n) is 15.7. The van der Waals surface area contributed by atoms with Crippen molar-refractivity contribution >= 4 is 29.1 Å². The van der Waals surface area contributed by atoms with Crippen molar-refractivity contribution in [1.29, 1.82) is 0 Å². The minimum atomic E-state index is -1.27. The third-order valence-corrected chi connectivity index (χ3v) is 4.79. The van der Waals surface area contributed by atoms with Gasteiger partial charge in [-0.25, -0.2) is 0 Å². The van der Waals surface area contributed by atoms with Gasteiger partial charge in [0.2, 0.25) is 0 Å². The van der Waals surface area contributed by atoms with Gasteiger partial charge in [-0.2, -0.15) is 0 Å². The highest BCUT2D eigenvalue weighted by molar-refractivity contribution is 6.46. The Morgan fingerprint density at radius 1 is 1.07 bits per heavy atom. The van der Waals surface area contributed by atoms with Gasteiger partial charge in [-0.1, -0.05) is 30.3 Å². The van der Waals surface area contributed by atoms with Crippen LogP contribution in [0.15, 0.2) is 60.2 Å². The van der Waals surface area contributed by atoms with Crippen LogP contribution in [0.1, 0.15) is 30.0 Å². The van der Waals surface area contributed by atoms with E-state index in [0.717, 1.165) is 0 Å². The summed E-state index contributed by atoms with van der Waals surface area (Å²) in [5.74, 6) is -3.49. The smallest absolute Gasteiger partial charge is 0.295 e. The summed E-state index contributed by atoms with van der Waals surface area (Å²) in [4.78, 5) is 47.6.